The Kier molecular flexibility index (Phi) is 4.77. The zero-order valence-corrected chi connectivity index (χ0v) is 16.4. The highest BCUT2D eigenvalue weighted by Crippen LogP contribution is 2.34. The summed E-state index contributed by atoms with van der Waals surface area (Å²) < 4.78 is 39.0. The Labute approximate surface area is 161 Å². The SMILES string of the molecule is CS(=O)(=O)c1snnc1C1CCCN(C(=O)c2ccc3c(c2)OCCO3)C1. The van der Waals surface area contributed by atoms with Crippen LogP contribution < -0.4 is 9.47 Å². The highest BCUT2D eigenvalue weighted by atomic mass is 32.2. The molecule has 2 aliphatic rings. The number of aromatic nitrogens is 2. The fraction of sp³-hybridized carbons (Fsp3) is 0.471. The lowest BCUT2D eigenvalue weighted by atomic mass is 9.95. The average molecular weight is 409 g/mol. The van der Waals surface area contributed by atoms with Gasteiger partial charge in [0.05, 0.1) is 5.69 Å². The van der Waals surface area contributed by atoms with Crippen LogP contribution in [0.4, 0.5) is 0 Å². The molecule has 27 heavy (non-hydrogen) atoms. The molecule has 0 N–H and O–H groups in total. The minimum absolute atomic E-state index is 0.110. The van der Waals surface area contributed by atoms with E-state index in [1.165, 1.54) is 0 Å². The van der Waals surface area contributed by atoms with Gasteiger partial charge in [0.25, 0.3) is 5.91 Å². The number of likely N-dealkylation sites (tertiary alicyclic amines) is 1. The number of hydrogen-bond acceptors (Lipinski definition) is 8. The van der Waals surface area contributed by atoms with Gasteiger partial charge in [-0.1, -0.05) is 4.49 Å². The lowest BCUT2D eigenvalue weighted by molar-refractivity contribution is 0.0704. The summed E-state index contributed by atoms with van der Waals surface area (Å²) in [4.78, 5) is 14.7. The van der Waals surface area contributed by atoms with E-state index in [-0.39, 0.29) is 16.0 Å². The number of amides is 1. The number of hydrogen-bond donors (Lipinski definition) is 0. The second-order valence-corrected chi connectivity index (χ2v) is 9.63. The average Bonchev–Trinajstić information content (AvgIpc) is 3.18. The number of piperidine rings is 1. The van der Waals surface area contributed by atoms with Crippen molar-refractivity contribution in [1.29, 1.82) is 0 Å². The maximum absolute atomic E-state index is 13.0. The van der Waals surface area contributed by atoms with Crippen LogP contribution in [0.3, 0.4) is 0 Å². The number of carbonyl (C=O) groups is 1. The van der Waals surface area contributed by atoms with Crippen LogP contribution >= 0.6 is 11.5 Å². The number of ether oxygens (including phenoxy) is 2. The van der Waals surface area contributed by atoms with Gasteiger partial charge in [0.15, 0.2) is 25.5 Å². The van der Waals surface area contributed by atoms with E-state index in [0.29, 0.717) is 49.1 Å². The Bertz CT molecular complexity index is 973. The zero-order valence-electron chi connectivity index (χ0n) is 14.8. The summed E-state index contributed by atoms with van der Waals surface area (Å²) in [5.41, 5.74) is 1.00. The largest absolute Gasteiger partial charge is 0.486 e. The molecule has 2 aliphatic heterocycles. The van der Waals surface area contributed by atoms with Gasteiger partial charge in [-0.15, -0.1) is 5.10 Å². The van der Waals surface area contributed by atoms with E-state index in [4.69, 9.17) is 9.47 Å². The smallest absolute Gasteiger partial charge is 0.254 e. The standard InChI is InChI=1S/C17H19N3O5S2/c1-27(22,23)17-15(18-19-26-17)12-3-2-6-20(10-12)16(21)11-4-5-13-14(9-11)25-8-7-24-13/h4-5,9,12H,2-3,6-8,10H2,1H3. The number of fused-ring (bicyclic) bond motifs is 1. The first kappa shape index (κ1) is 18.2. The summed E-state index contributed by atoms with van der Waals surface area (Å²) in [7, 11) is -3.38. The van der Waals surface area contributed by atoms with Crippen LogP contribution in [0.2, 0.25) is 0 Å². The summed E-state index contributed by atoms with van der Waals surface area (Å²) in [6.07, 6.45) is 2.72. The van der Waals surface area contributed by atoms with E-state index >= 15 is 0 Å². The summed E-state index contributed by atoms with van der Waals surface area (Å²) in [5, 5.41) is 4.05. The first-order valence-electron chi connectivity index (χ1n) is 8.65. The Morgan fingerprint density at radius 2 is 2.04 bits per heavy atom. The summed E-state index contributed by atoms with van der Waals surface area (Å²) in [6.45, 7) is 2.00. The van der Waals surface area contributed by atoms with Crippen LogP contribution in [0.5, 0.6) is 11.5 Å². The fourth-order valence-corrected chi connectivity index (χ4v) is 5.17. The first-order chi connectivity index (χ1) is 12.9. The van der Waals surface area contributed by atoms with Crippen molar-refractivity contribution in [3.05, 3.63) is 29.5 Å². The quantitative estimate of drug-likeness (QED) is 0.761. The molecule has 1 aromatic carbocycles. The molecular weight excluding hydrogens is 390 g/mol. The molecule has 1 fully saturated rings. The number of nitrogens with zero attached hydrogens (tertiary/aromatic N) is 3. The van der Waals surface area contributed by atoms with Crippen molar-refractivity contribution in [1.82, 2.24) is 14.5 Å². The van der Waals surface area contributed by atoms with E-state index in [1.807, 2.05) is 0 Å². The normalized spacial score (nSPS) is 19.7. The summed E-state index contributed by atoms with van der Waals surface area (Å²) >= 11 is 0.889. The minimum atomic E-state index is -3.38. The number of benzene rings is 1. The predicted molar refractivity (Wildman–Crippen MR) is 98.3 cm³/mol. The van der Waals surface area contributed by atoms with Gasteiger partial charge in [-0.05, 0) is 31.0 Å². The maximum atomic E-state index is 13.0. The summed E-state index contributed by atoms with van der Waals surface area (Å²) in [6, 6.07) is 5.17. The van der Waals surface area contributed by atoms with E-state index < -0.39 is 9.84 Å². The third-order valence-electron chi connectivity index (χ3n) is 4.70. The van der Waals surface area contributed by atoms with Crippen molar-refractivity contribution >= 4 is 27.3 Å². The molecular formula is C17H19N3O5S2. The molecule has 144 valence electrons. The van der Waals surface area contributed by atoms with Crippen molar-refractivity contribution in [3.8, 4) is 11.5 Å². The molecule has 1 amide bonds. The zero-order chi connectivity index (χ0) is 19.0. The van der Waals surface area contributed by atoms with Gasteiger partial charge in [-0.3, -0.25) is 4.79 Å². The van der Waals surface area contributed by atoms with Gasteiger partial charge in [-0.2, -0.15) is 0 Å². The van der Waals surface area contributed by atoms with Gasteiger partial charge >= 0.3 is 0 Å². The molecule has 1 unspecified atom stereocenters. The van der Waals surface area contributed by atoms with E-state index in [1.54, 1.807) is 23.1 Å². The molecule has 0 aliphatic carbocycles. The lowest BCUT2D eigenvalue weighted by Crippen LogP contribution is -2.39. The molecule has 0 radical (unpaired) electrons. The van der Waals surface area contributed by atoms with Crippen LogP contribution in [0, 0.1) is 0 Å². The van der Waals surface area contributed by atoms with Gasteiger partial charge in [-0.25, -0.2) is 8.42 Å². The maximum Gasteiger partial charge on any atom is 0.254 e. The van der Waals surface area contributed by atoms with Gasteiger partial charge in [0, 0.05) is 42.4 Å². The molecule has 0 saturated carbocycles. The van der Waals surface area contributed by atoms with Crippen LogP contribution in [-0.2, 0) is 9.84 Å². The highest BCUT2D eigenvalue weighted by Gasteiger charge is 2.31. The molecule has 4 rings (SSSR count). The molecule has 2 aromatic rings. The van der Waals surface area contributed by atoms with Crippen molar-refractivity contribution in [2.75, 3.05) is 32.6 Å². The molecule has 3 heterocycles. The van der Waals surface area contributed by atoms with Crippen molar-refractivity contribution in [2.45, 2.75) is 23.0 Å². The van der Waals surface area contributed by atoms with Crippen molar-refractivity contribution in [2.24, 2.45) is 0 Å². The molecule has 8 nitrogen and oxygen atoms in total. The second kappa shape index (κ2) is 7.08. The van der Waals surface area contributed by atoms with Crippen molar-refractivity contribution < 1.29 is 22.7 Å². The third-order valence-corrected chi connectivity index (χ3v) is 7.26. The Morgan fingerprint density at radius 1 is 1.26 bits per heavy atom. The van der Waals surface area contributed by atoms with Crippen LogP contribution in [0.25, 0.3) is 0 Å². The van der Waals surface area contributed by atoms with E-state index in [9.17, 15) is 13.2 Å². The van der Waals surface area contributed by atoms with Crippen LogP contribution in [0.1, 0.15) is 34.8 Å². The lowest BCUT2D eigenvalue weighted by Gasteiger charge is -2.32. The third kappa shape index (κ3) is 3.63. The van der Waals surface area contributed by atoms with E-state index in [0.717, 1.165) is 30.6 Å². The Balaban J connectivity index is 1.55. The topological polar surface area (TPSA) is 98.7 Å². The summed E-state index contributed by atoms with van der Waals surface area (Å²) in [5.74, 6) is 0.966. The van der Waals surface area contributed by atoms with Crippen molar-refractivity contribution in [3.63, 3.8) is 0 Å². The fourth-order valence-electron chi connectivity index (χ4n) is 3.44. The second-order valence-electron chi connectivity index (χ2n) is 6.67. The van der Waals surface area contributed by atoms with Crippen LogP contribution in [-0.4, -0.2) is 61.4 Å². The number of rotatable bonds is 3. The number of carbonyl (C=O) groups excluding carboxylic acids is 1. The van der Waals surface area contributed by atoms with Crippen LogP contribution in [0.15, 0.2) is 22.4 Å². The molecule has 10 heteroatoms. The van der Waals surface area contributed by atoms with E-state index in [2.05, 4.69) is 9.59 Å². The molecule has 1 atom stereocenters. The highest BCUT2D eigenvalue weighted by molar-refractivity contribution is 7.92. The minimum Gasteiger partial charge on any atom is -0.486 e. The molecule has 0 bridgehead atoms. The Morgan fingerprint density at radius 3 is 2.81 bits per heavy atom. The molecule has 0 spiro atoms. The Hall–Kier alpha value is -2.20. The first-order valence-corrected chi connectivity index (χ1v) is 11.3. The van der Waals surface area contributed by atoms with Gasteiger partial charge in [0.2, 0.25) is 0 Å². The monoisotopic (exact) mass is 409 g/mol. The van der Waals surface area contributed by atoms with Gasteiger partial charge in [0.1, 0.15) is 13.2 Å². The predicted octanol–water partition coefficient (Wildman–Crippen LogP) is 1.73. The molecule has 1 saturated heterocycles. The van der Waals surface area contributed by atoms with Gasteiger partial charge < -0.3 is 14.4 Å². The number of sulfone groups is 1. The molecule has 1 aromatic heterocycles.